The summed E-state index contributed by atoms with van der Waals surface area (Å²) in [5, 5.41) is 26.7. The van der Waals surface area contributed by atoms with E-state index in [2.05, 4.69) is 25.5 Å². The van der Waals surface area contributed by atoms with Crippen molar-refractivity contribution >= 4 is 26.8 Å². The summed E-state index contributed by atoms with van der Waals surface area (Å²) in [7, 11) is -4.17. The average molecular weight is 344 g/mol. The van der Waals surface area contributed by atoms with Gasteiger partial charge in [-0.05, 0) is 29.3 Å². The Bertz CT molecular complexity index is 1070. The summed E-state index contributed by atoms with van der Waals surface area (Å²) in [4.78, 5) is 3.78. The van der Waals surface area contributed by atoms with Crippen LogP contribution >= 0.6 is 0 Å². The van der Waals surface area contributed by atoms with E-state index in [4.69, 9.17) is 16.4 Å². The van der Waals surface area contributed by atoms with E-state index in [1.807, 2.05) is 0 Å². The lowest BCUT2D eigenvalue weighted by Gasteiger charge is -2.11. The van der Waals surface area contributed by atoms with Crippen molar-refractivity contribution in [2.24, 2.45) is 21.3 Å². The molecule has 0 unspecified atom stereocenters. The summed E-state index contributed by atoms with van der Waals surface area (Å²) < 4.78 is 23.6. The lowest BCUT2D eigenvalue weighted by Crippen LogP contribution is -2.19. The van der Waals surface area contributed by atoms with Gasteiger partial charge in [-0.1, -0.05) is 11.3 Å². The van der Waals surface area contributed by atoms with Crippen LogP contribution in [0.4, 0.5) is 0 Å². The number of sulfonamides is 1. The number of hydrogen-bond acceptors (Lipinski definition) is 6. The van der Waals surface area contributed by atoms with Crippen LogP contribution in [0.15, 0.2) is 52.0 Å². The maximum absolute atomic E-state index is 11.8. The topological polar surface area (TPSA) is 176 Å². The minimum Gasteiger partial charge on any atom is -0.305 e. The first-order chi connectivity index (χ1) is 11.4. The molecule has 0 spiro atoms. The van der Waals surface area contributed by atoms with Gasteiger partial charge < -0.3 is 5.84 Å². The summed E-state index contributed by atoms with van der Waals surface area (Å²) in [5.74, 6) is 4.52. The third-order valence-electron chi connectivity index (χ3n) is 3.33. The van der Waals surface area contributed by atoms with E-state index < -0.39 is 20.9 Å². The highest BCUT2D eigenvalue weighted by atomic mass is 32.2. The molecule has 2 heterocycles. The molecule has 11 heteroatoms. The Labute approximate surface area is 136 Å². The SMILES string of the molecule is N=C(N=NN)c1c(-c2ccc3[nH]ncc3c2)ccnc1S(N)(=O)=O. The second kappa shape index (κ2) is 5.79. The minimum absolute atomic E-state index is 0.0722. The van der Waals surface area contributed by atoms with Crippen LogP contribution in [0.1, 0.15) is 5.56 Å². The van der Waals surface area contributed by atoms with Crippen LogP contribution in [0, 0.1) is 5.41 Å². The highest BCUT2D eigenvalue weighted by molar-refractivity contribution is 7.89. The zero-order valence-corrected chi connectivity index (χ0v) is 12.9. The molecular weight excluding hydrogens is 332 g/mol. The zero-order valence-electron chi connectivity index (χ0n) is 12.1. The van der Waals surface area contributed by atoms with Crippen LogP contribution < -0.4 is 11.0 Å². The monoisotopic (exact) mass is 344 g/mol. The van der Waals surface area contributed by atoms with Crippen LogP contribution in [0.5, 0.6) is 0 Å². The van der Waals surface area contributed by atoms with Gasteiger partial charge in [-0.25, -0.2) is 18.5 Å². The predicted octanol–water partition coefficient (Wildman–Crippen LogP) is 0.924. The molecule has 0 fully saturated rings. The highest BCUT2D eigenvalue weighted by Gasteiger charge is 2.23. The van der Waals surface area contributed by atoms with E-state index in [-0.39, 0.29) is 5.56 Å². The number of primary sulfonamides is 1. The van der Waals surface area contributed by atoms with Crippen LogP contribution in [0.3, 0.4) is 0 Å². The van der Waals surface area contributed by atoms with Crippen LogP contribution in [0.25, 0.3) is 22.0 Å². The van der Waals surface area contributed by atoms with Crippen LogP contribution in [-0.4, -0.2) is 29.4 Å². The fourth-order valence-corrected chi connectivity index (χ4v) is 3.04. The molecule has 0 radical (unpaired) electrons. The van der Waals surface area contributed by atoms with Crippen molar-refractivity contribution in [2.45, 2.75) is 5.03 Å². The van der Waals surface area contributed by atoms with Crippen molar-refractivity contribution in [1.29, 1.82) is 5.41 Å². The van der Waals surface area contributed by atoms with Gasteiger partial charge in [0.2, 0.25) is 0 Å². The molecule has 0 bridgehead atoms. The number of amidine groups is 1. The molecule has 2 aromatic heterocycles. The smallest absolute Gasteiger partial charge is 0.256 e. The second-order valence-electron chi connectivity index (χ2n) is 4.82. The Morgan fingerprint density at radius 1 is 1.29 bits per heavy atom. The van der Waals surface area contributed by atoms with Crippen molar-refractivity contribution in [3.63, 3.8) is 0 Å². The molecule has 10 nitrogen and oxygen atoms in total. The maximum atomic E-state index is 11.8. The van der Waals surface area contributed by atoms with Gasteiger partial charge in [0.25, 0.3) is 10.0 Å². The van der Waals surface area contributed by atoms with E-state index >= 15 is 0 Å². The van der Waals surface area contributed by atoms with Gasteiger partial charge in [-0.3, -0.25) is 10.5 Å². The molecule has 0 saturated heterocycles. The van der Waals surface area contributed by atoms with Crippen molar-refractivity contribution in [3.05, 3.63) is 42.2 Å². The van der Waals surface area contributed by atoms with Crippen molar-refractivity contribution in [1.82, 2.24) is 15.2 Å². The van der Waals surface area contributed by atoms with Crippen molar-refractivity contribution in [3.8, 4) is 11.1 Å². The number of rotatable bonds is 3. The van der Waals surface area contributed by atoms with Crippen LogP contribution in [0.2, 0.25) is 0 Å². The van der Waals surface area contributed by atoms with Gasteiger partial charge in [-0.2, -0.15) is 5.10 Å². The van der Waals surface area contributed by atoms with E-state index in [0.29, 0.717) is 11.1 Å². The molecule has 0 saturated carbocycles. The Kier molecular flexibility index (Phi) is 3.79. The number of benzene rings is 1. The third-order valence-corrected chi connectivity index (χ3v) is 4.18. The molecule has 6 N–H and O–H groups in total. The normalized spacial score (nSPS) is 12.0. The van der Waals surface area contributed by atoms with E-state index in [0.717, 1.165) is 10.9 Å². The number of aromatic nitrogens is 3. The molecule has 122 valence electrons. The third kappa shape index (κ3) is 2.73. The van der Waals surface area contributed by atoms with E-state index in [9.17, 15) is 8.42 Å². The summed E-state index contributed by atoms with van der Waals surface area (Å²) in [5.41, 5.74) is 1.80. The fourth-order valence-electron chi connectivity index (χ4n) is 2.35. The molecular formula is C13H12N8O2S. The lowest BCUT2D eigenvalue weighted by molar-refractivity contribution is 0.594. The van der Waals surface area contributed by atoms with E-state index in [1.165, 1.54) is 6.20 Å². The summed E-state index contributed by atoms with van der Waals surface area (Å²) in [6.45, 7) is 0. The molecule has 0 atom stereocenters. The second-order valence-corrected chi connectivity index (χ2v) is 6.30. The quantitative estimate of drug-likeness (QED) is 0.181. The van der Waals surface area contributed by atoms with Crippen LogP contribution in [-0.2, 0) is 10.0 Å². The first-order valence-corrected chi connectivity index (χ1v) is 8.11. The molecule has 24 heavy (non-hydrogen) atoms. The summed E-state index contributed by atoms with van der Waals surface area (Å²) in [6, 6.07) is 6.88. The van der Waals surface area contributed by atoms with E-state index in [1.54, 1.807) is 30.5 Å². The Morgan fingerprint density at radius 2 is 2.08 bits per heavy atom. The molecule has 0 aliphatic carbocycles. The highest BCUT2D eigenvalue weighted by Crippen LogP contribution is 2.29. The Hall–Kier alpha value is -3.18. The summed E-state index contributed by atoms with van der Waals surface area (Å²) in [6.07, 6.45) is 2.93. The molecule has 0 aliphatic heterocycles. The van der Waals surface area contributed by atoms with Gasteiger partial charge in [-0.15, -0.1) is 5.11 Å². The minimum atomic E-state index is -4.17. The molecule has 0 aliphatic rings. The average Bonchev–Trinajstić information content (AvgIpc) is 3.01. The number of aromatic amines is 1. The first kappa shape index (κ1) is 15.7. The zero-order chi connectivity index (χ0) is 17.3. The maximum Gasteiger partial charge on any atom is 0.256 e. The number of H-pyrrole nitrogens is 1. The standard InChI is InChI=1S/C13H12N8O2S/c14-12(20-21-15)11-9(3-4-17-13(11)24(16,22)23)7-1-2-10-8(5-7)6-18-19-10/h1-6H,(H,18,19)(H3,14,15,20)(H2,16,22,23). The largest absolute Gasteiger partial charge is 0.305 e. The first-order valence-electron chi connectivity index (χ1n) is 6.57. The van der Waals surface area contributed by atoms with Crippen molar-refractivity contribution in [2.75, 3.05) is 0 Å². The molecule has 3 rings (SSSR count). The predicted molar refractivity (Wildman–Crippen MR) is 86.6 cm³/mol. The van der Waals surface area contributed by atoms with Gasteiger partial charge in [0.15, 0.2) is 10.9 Å². The molecule has 1 aromatic carbocycles. The van der Waals surface area contributed by atoms with Gasteiger partial charge in [0, 0.05) is 11.6 Å². The number of nitrogens with two attached hydrogens (primary N) is 2. The Balaban J connectivity index is 2.32. The Morgan fingerprint density at radius 3 is 2.79 bits per heavy atom. The number of pyridine rings is 1. The summed E-state index contributed by atoms with van der Waals surface area (Å²) >= 11 is 0. The molecule has 3 aromatic rings. The number of fused-ring (bicyclic) bond motifs is 1. The molecule has 0 amide bonds. The van der Waals surface area contributed by atoms with Gasteiger partial charge in [0.1, 0.15) is 0 Å². The number of nitrogens with one attached hydrogen (secondary N) is 2. The number of hydrogen-bond donors (Lipinski definition) is 4. The lowest BCUT2D eigenvalue weighted by atomic mass is 10.00. The number of nitrogens with zero attached hydrogens (tertiary/aromatic N) is 4. The van der Waals surface area contributed by atoms with Crippen molar-refractivity contribution < 1.29 is 8.42 Å². The van der Waals surface area contributed by atoms with Gasteiger partial charge in [0.05, 0.1) is 17.3 Å². The fraction of sp³-hybridized carbons (Fsp3) is 0. The van der Waals surface area contributed by atoms with Gasteiger partial charge >= 0.3 is 0 Å².